The van der Waals surface area contributed by atoms with Gasteiger partial charge in [-0.15, -0.1) is 10.2 Å². The van der Waals surface area contributed by atoms with Crippen molar-refractivity contribution in [3.8, 4) is 0 Å². The summed E-state index contributed by atoms with van der Waals surface area (Å²) in [5.74, 6) is -0.184. The van der Waals surface area contributed by atoms with Crippen LogP contribution in [0.5, 0.6) is 0 Å². The lowest BCUT2D eigenvalue weighted by atomic mass is 10.2. The zero-order valence-electron chi connectivity index (χ0n) is 14.9. The average Bonchev–Trinajstić information content (AvgIpc) is 3.22. The quantitative estimate of drug-likeness (QED) is 0.438. The van der Waals surface area contributed by atoms with Crippen LogP contribution < -0.4 is 10.9 Å². The number of aryl methyl sites for hydroxylation is 1. The molecule has 0 aliphatic heterocycles. The summed E-state index contributed by atoms with van der Waals surface area (Å²) in [5, 5.41) is 11.3. The molecule has 0 saturated carbocycles. The van der Waals surface area contributed by atoms with Crippen LogP contribution in [0.25, 0.3) is 10.9 Å². The third kappa shape index (κ3) is 4.72. The molecule has 0 aliphatic carbocycles. The first-order chi connectivity index (χ1) is 14.1. The van der Waals surface area contributed by atoms with Gasteiger partial charge in [0.25, 0.3) is 5.56 Å². The molecular formula is C19H14BrN5O2S2. The van der Waals surface area contributed by atoms with Crippen molar-refractivity contribution in [3.05, 3.63) is 69.1 Å². The highest BCUT2D eigenvalue weighted by Crippen LogP contribution is 2.33. The zero-order chi connectivity index (χ0) is 20.2. The third-order valence-corrected chi connectivity index (χ3v) is 6.41. The van der Waals surface area contributed by atoms with Gasteiger partial charge in [-0.3, -0.25) is 14.2 Å². The van der Waals surface area contributed by atoms with E-state index in [0.29, 0.717) is 16.6 Å². The van der Waals surface area contributed by atoms with Gasteiger partial charge in [0.1, 0.15) is 5.51 Å². The number of anilines is 1. The second kappa shape index (κ2) is 8.85. The summed E-state index contributed by atoms with van der Waals surface area (Å²) in [5.41, 5.74) is 2.82. The number of fused-ring (bicyclic) bond motifs is 1. The summed E-state index contributed by atoms with van der Waals surface area (Å²) in [7, 11) is 0. The van der Waals surface area contributed by atoms with E-state index in [2.05, 4.69) is 36.4 Å². The summed E-state index contributed by atoms with van der Waals surface area (Å²) in [4.78, 5) is 30.3. The Morgan fingerprint density at radius 3 is 2.93 bits per heavy atom. The number of nitrogens with zero attached hydrogens (tertiary/aromatic N) is 4. The molecule has 2 heterocycles. The van der Waals surface area contributed by atoms with Gasteiger partial charge in [0.2, 0.25) is 5.91 Å². The van der Waals surface area contributed by atoms with Crippen LogP contribution >= 0.6 is 39.0 Å². The largest absolute Gasteiger partial charge is 0.325 e. The van der Waals surface area contributed by atoms with Gasteiger partial charge in [-0.2, -0.15) is 0 Å². The Morgan fingerprint density at radius 1 is 1.24 bits per heavy atom. The Labute approximate surface area is 182 Å². The molecule has 1 N–H and O–H groups in total. The molecule has 2 aromatic heterocycles. The van der Waals surface area contributed by atoms with Crippen LogP contribution in [0.4, 0.5) is 5.69 Å². The Hall–Kier alpha value is -2.56. The third-order valence-electron chi connectivity index (χ3n) is 4.06. The molecule has 0 aliphatic rings. The van der Waals surface area contributed by atoms with Crippen molar-refractivity contribution in [1.82, 2.24) is 19.7 Å². The molecule has 0 spiro atoms. The molecule has 2 aromatic carbocycles. The van der Waals surface area contributed by atoms with Gasteiger partial charge in [0, 0.05) is 22.3 Å². The number of aromatic nitrogens is 4. The van der Waals surface area contributed by atoms with Crippen molar-refractivity contribution in [2.45, 2.75) is 22.2 Å². The van der Waals surface area contributed by atoms with Crippen molar-refractivity contribution in [2.75, 3.05) is 5.32 Å². The maximum Gasteiger partial charge on any atom is 0.261 e. The molecule has 4 aromatic rings. The predicted molar refractivity (Wildman–Crippen MR) is 117 cm³/mol. The van der Waals surface area contributed by atoms with E-state index >= 15 is 0 Å². The summed E-state index contributed by atoms with van der Waals surface area (Å²) in [6, 6.07) is 12.9. The van der Waals surface area contributed by atoms with Crippen LogP contribution in [0.15, 0.2) is 72.8 Å². The number of para-hydroxylation sites is 1. The molecule has 0 unspecified atom stereocenters. The summed E-state index contributed by atoms with van der Waals surface area (Å²) in [6.45, 7) is 0.242. The fraction of sp³-hybridized carbons (Fsp3) is 0.105. The van der Waals surface area contributed by atoms with E-state index in [4.69, 9.17) is 0 Å². The molecule has 0 atom stereocenters. The molecule has 1 amide bonds. The second-order valence-corrected chi connectivity index (χ2v) is 9.04. The lowest BCUT2D eigenvalue weighted by molar-refractivity contribution is -0.116. The van der Waals surface area contributed by atoms with Crippen LogP contribution in [0.2, 0.25) is 0 Å². The zero-order valence-corrected chi connectivity index (χ0v) is 18.1. The van der Waals surface area contributed by atoms with E-state index < -0.39 is 0 Å². The van der Waals surface area contributed by atoms with E-state index in [1.54, 1.807) is 17.6 Å². The Balaban J connectivity index is 1.45. The van der Waals surface area contributed by atoms with Gasteiger partial charge in [-0.05, 0) is 30.3 Å². The molecule has 4 rings (SSSR count). The summed E-state index contributed by atoms with van der Waals surface area (Å²) < 4.78 is 3.06. The topological polar surface area (TPSA) is 89.8 Å². The standard InChI is InChI=1S/C19H14BrN5O2S2/c20-12-5-6-14-13(9-12)18(27)25(10-21-14)8-7-17(26)23-15-3-1-2-4-16(15)29-19-24-22-11-28-19/h1-6,9-11H,7-8H2,(H,23,26). The van der Waals surface area contributed by atoms with Crippen LogP contribution in [0, 0.1) is 0 Å². The number of benzene rings is 2. The summed E-state index contributed by atoms with van der Waals surface area (Å²) >= 11 is 6.25. The molecule has 10 heteroatoms. The SMILES string of the molecule is O=C(CCn1cnc2ccc(Br)cc2c1=O)Nc1ccccc1Sc1nncs1. The monoisotopic (exact) mass is 487 g/mol. The maximum atomic E-state index is 12.6. The van der Waals surface area contributed by atoms with Gasteiger partial charge in [-0.1, -0.05) is 51.2 Å². The number of nitrogens with one attached hydrogen (secondary N) is 1. The molecule has 146 valence electrons. The molecule has 0 radical (unpaired) electrons. The number of hydrogen-bond donors (Lipinski definition) is 1. The highest BCUT2D eigenvalue weighted by atomic mass is 79.9. The smallest absolute Gasteiger partial charge is 0.261 e. The van der Waals surface area contributed by atoms with Crippen molar-refractivity contribution in [2.24, 2.45) is 0 Å². The van der Waals surface area contributed by atoms with E-state index in [-0.39, 0.29) is 24.4 Å². The molecular weight excluding hydrogens is 474 g/mol. The maximum absolute atomic E-state index is 12.6. The van der Waals surface area contributed by atoms with Crippen molar-refractivity contribution in [3.63, 3.8) is 0 Å². The van der Waals surface area contributed by atoms with Gasteiger partial charge in [0.05, 0.1) is 22.9 Å². The molecule has 7 nitrogen and oxygen atoms in total. The van der Waals surface area contributed by atoms with E-state index in [1.807, 2.05) is 30.3 Å². The number of hydrogen-bond acceptors (Lipinski definition) is 7. The van der Waals surface area contributed by atoms with Crippen molar-refractivity contribution < 1.29 is 4.79 Å². The fourth-order valence-corrected chi connectivity index (χ4v) is 4.57. The average molecular weight is 488 g/mol. The van der Waals surface area contributed by atoms with E-state index in [0.717, 1.165) is 13.7 Å². The number of rotatable bonds is 6. The normalized spacial score (nSPS) is 10.9. The van der Waals surface area contributed by atoms with Gasteiger partial charge in [-0.25, -0.2) is 4.98 Å². The Kier molecular flexibility index (Phi) is 6.02. The lowest BCUT2D eigenvalue weighted by Gasteiger charge is -2.10. The van der Waals surface area contributed by atoms with Gasteiger partial charge in [0.15, 0.2) is 4.34 Å². The van der Waals surface area contributed by atoms with Gasteiger partial charge >= 0.3 is 0 Å². The van der Waals surface area contributed by atoms with Crippen LogP contribution in [-0.4, -0.2) is 25.7 Å². The van der Waals surface area contributed by atoms with E-state index in [1.165, 1.54) is 34.0 Å². The summed E-state index contributed by atoms with van der Waals surface area (Å²) in [6.07, 6.45) is 1.63. The van der Waals surface area contributed by atoms with Crippen LogP contribution in [-0.2, 0) is 11.3 Å². The molecule has 29 heavy (non-hydrogen) atoms. The molecule has 0 fully saturated rings. The molecule has 0 bridgehead atoms. The predicted octanol–water partition coefficient (Wildman–Crippen LogP) is 4.19. The second-order valence-electron chi connectivity index (χ2n) is 6.01. The minimum atomic E-state index is -0.184. The lowest BCUT2D eigenvalue weighted by Crippen LogP contribution is -2.23. The first-order valence-electron chi connectivity index (χ1n) is 8.58. The van der Waals surface area contributed by atoms with Crippen LogP contribution in [0.1, 0.15) is 6.42 Å². The first kappa shape index (κ1) is 19.7. The number of carbonyl (C=O) groups is 1. The Morgan fingerprint density at radius 2 is 2.10 bits per heavy atom. The minimum absolute atomic E-state index is 0.152. The van der Waals surface area contributed by atoms with Gasteiger partial charge < -0.3 is 5.32 Å². The highest BCUT2D eigenvalue weighted by molar-refractivity contribution is 9.10. The number of amides is 1. The van der Waals surface area contributed by atoms with E-state index in [9.17, 15) is 9.59 Å². The van der Waals surface area contributed by atoms with Crippen molar-refractivity contribution in [1.29, 1.82) is 0 Å². The first-order valence-corrected chi connectivity index (χ1v) is 11.1. The fourth-order valence-electron chi connectivity index (χ4n) is 2.69. The van der Waals surface area contributed by atoms with Crippen LogP contribution in [0.3, 0.4) is 0 Å². The minimum Gasteiger partial charge on any atom is -0.325 e. The number of halogens is 1. The Bertz CT molecular complexity index is 1230. The molecule has 0 saturated heterocycles. The number of carbonyl (C=O) groups excluding carboxylic acids is 1. The van der Waals surface area contributed by atoms with Crippen molar-refractivity contribution >= 4 is 61.5 Å². The highest BCUT2D eigenvalue weighted by Gasteiger charge is 2.11.